The lowest BCUT2D eigenvalue weighted by Crippen LogP contribution is -2.32. The van der Waals surface area contributed by atoms with Crippen molar-refractivity contribution in [2.24, 2.45) is 26.2 Å². The van der Waals surface area contributed by atoms with Crippen molar-refractivity contribution >= 4 is 45.6 Å². The van der Waals surface area contributed by atoms with Gasteiger partial charge in [-0.3, -0.25) is 43.5 Å². The number of ether oxygens (including phenoxy) is 2. The van der Waals surface area contributed by atoms with Gasteiger partial charge in [0.15, 0.2) is 5.65 Å². The predicted octanol–water partition coefficient (Wildman–Crippen LogP) is 3.22. The summed E-state index contributed by atoms with van der Waals surface area (Å²) in [5, 5.41) is 14.4. The van der Waals surface area contributed by atoms with Crippen LogP contribution in [0.1, 0.15) is 11.1 Å². The number of aromatic nitrogens is 8. The topological polar surface area (TPSA) is 188 Å². The molecule has 3 N–H and O–H groups in total. The van der Waals surface area contributed by atoms with Crippen LogP contribution in [0.25, 0.3) is 33.2 Å². The van der Waals surface area contributed by atoms with Crippen molar-refractivity contribution in [3.63, 3.8) is 0 Å². The van der Waals surface area contributed by atoms with Gasteiger partial charge in [-0.2, -0.15) is 15.3 Å². The van der Waals surface area contributed by atoms with Crippen LogP contribution < -0.4 is 37.4 Å². The van der Waals surface area contributed by atoms with Crippen LogP contribution in [0.3, 0.4) is 0 Å². The molecule has 52 heavy (non-hydrogen) atoms. The molecule has 0 fully saturated rings. The Kier molecular flexibility index (Phi) is 9.91. The van der Waals surface area contributed by atoms with E-state index < -0.39 is 22.5 Å². The van der Waals surface area contributed by atoms with Crippen molar-refractivity contribution < 1.29 is 9.47 Å². The van der Waals surface area contributed by atoms with Crippen LogP contribution in [0.5, 0.6) is 11.5 Å². The number of benzene rings is 3. The quantitative estimate of drug-likeness (QED) is 0.156. The Hall–Kier alpha value is -6.68. The number of hydrogen-bond acceptors (Lipinski definition) is 10. The molecule has 3 aromatic carbocycles. The second-order valence-electron chi connectivity index (χ2n) is 11.6. The van der Waals surface area contributed by atoms with E-state index in [1.807, 2.05) is 73.9 Å². The van der Waals surface area contributed by atoms with Gasteiger partial charge in [0.2, 0.25) is 0 Å². The number of aromatic amines is 2. The zero-order chi connectivity index (χ0) is 37.1. The number of hydrazone groups is 1. The Morgan fingerprint density at radius 1 is 0.846 bits per heavy atom. The Morgan fingerprint density at radius 2 is 1.50 bits per heavy atom. The number of aryl methyl sites for hydroxylation is 1. The summed E-state index contributed by atoms with van der Waals surface area (Å²) in [6, 6.07) is 19.8. The molecule has 0 amide bonds. The second-order valence-corrected chi connectivity index (χ2v) is 11.9. The molecule has 0 aliphatic heterocycles. The van der Waals surface area contributed by atoms with Gasteiger partial charge in [0.1, 0.15) is 22.7 Å². The van der Waals surface area contributed by atoms with E-state index in [1.54, 1.807) is 29.8 Å². The molecule has 17 heteroatoms. The SMILES string of the molecule is COc1ccc(/C=N/Nc2cc(=O)n(C)c(=O)[nH]2)cc1.COc1ccc(Cn2nc3[nH]c(=O)n(C)c(=O)c3c2-c2ccc3nn(C)cc3c2Cl)cc1. The van der Waals surface area contributed by atoms with E-state index in [1.165, 1.54) is 20.2 Å². The van der Waals surface area contributed by atoms with Gasteiger partial charge < -0.3 is 9.47 Å². The third-order valence-corrected chi connectivity index (χ3v) is 8.55. The fourth-order valence-corrected chi connectivity index (χ4v) is 5.63. The summed E-state index contributed by atoms with van der Waals surface area (Å²) in [6.45, 7) is 0.362. The average Bonchev–Trinajstić information content (AvgIpc) is 3.70. The summed E-state index contributed by atoms with van der Waals surface area (Å²) in [4.78, 5) is 53.2. The van der Waals surface area contributed by atoms with Gasteiger partial charge in [0.25, 0.3) is 11.1 Å². The molecule has 7 aromatic rings. The van der Waals surface area contributed by atoms with Crippen LogP contribution in [0.2, 0.25) is 5.02 Å². The van der Waals surface area contributed by atoms with Gasteiger partial charge in [0, 0.05) is 44.4 Å². The highest BCUT2D eigenvalue weighted by atomic mass is 35.5. The first-order valence-corrected chi connectivity index (χ1v) is 16.0. The minimum absolute atomic E-state index is 0.212. The summed E-state index contributed by atoms with van der Waals surface area (Å²) in [5.41, 5.74) is 4.63. The van der Waals surface area contributed by atoms with E-state index >= 15 is 0 Å². The number of fused-ring (bicyclic) bond motifs is 2. The molecule has 4 aromatic heterocycles. The van der Waals surface area contributed by atoms with Crippen molar-refractivity contribution in [1.82, 2.24) is 38.7 Å². The molecule has 7 rings (SSSR count). The van der Waals surface area contributed by atoms with E-state index in [0.717, 1.165) is 42.7 Å². The molecule has 0 atom stereocenters. The van der Waals surface area contributed by atoms with Crippen molar-refractivity contribution in [3.8, 4) is 22.8 Å². The maximum atomic E-state index is 13.1. The third-order valence-electron chi connectivity index (χ3n) is 8.14. The van der Waals surface area contributed by atoms with Crippen molar-refractivity contribution in [2.75, 3.05) is 19.6 Å². The standard InChI is InChI=1S/C22H19ClN6O3.C13H14N4O3/c1-27-11-15-16(25-27)9-8-14(18(15)23)19-17-20(24-22(31)28(2)21(17)30)26-29(19)10-12-4-6-13(32-3)7-5-12;1-17-12(18)7-11(15-13(17)19)16-14-8-9-3-5-10(20-2)6-4-9/h4-9,11H,10H2,1-3H3,(H,24,26,31);3-8,16H,1-2H3,(H,15,19)/b;14-8+. The molecule has 4 heterocycles. The number of anilines is 1. The maximum Gasteiger partial charge on any atom is 0.329 e. The monoisotopic (exact) mass is 724 g/mol. The molecular weight excluding hydrogens is 692 g/mol. The Balaban J connectivity index is 0.000000200. The smallest absolute Gasteiger partial charge is 0.329 e. The lowest BCUT2D eigenvalue weighted by molar-refractivity contribution is 0.414. The number of nitrogens with zero attached hydrogens (tertiary/aromatic N) is 7. The van der Waals surface area contributed by atoms with E-state index in [0.29, 0.717) is 28.2 Å². The molecule has 0 saturated carbocycles. The first-order valence-electron chi connectivity index (χ1n) is 15.7. The zero-order valence-corrected chi connectivity index (χ0v) is 29.4. The van der Waals surface area contributed by atoms with Crippen LogP contribution in [-0.2, 0) is 27.7 Å². The fourth-order valence-electron chi connectivity index (χ4n) is 5.33. The van der Waals surface area contributed by atoms with E-state index in [-0.39, 0.29) is 11.5 Å². The molecule has 0 unspecified atom stereocenters. The molecule has 0 bridgehead atoms. The van der Waals surface area contributed by atoms with E-state index in [9.17, 15) is 19.2 Å². The molecule has 266 valence electrons. The predicted molar refractivity (Wildman–Crippen MR) is 199 cm³/mol. The number of halogens is 1. The van der Waals surface area contributed by atoms with Gasteiger partial charge in [-0.25, -0.2) is 9.59 Å². The number of hydrogen-bond donors (Lipinski definition) is 3. The van der Waals surface area contributed by atoms with Crippen molar-refractivity contribution in [1.29, 1.82) is 0 Å². The minimum atomic E-state index is -0.531. The van der Waals surface area contributed by atoms with Gasteiger partial charge in [-0.15, -0.1) is 0 Å². The van der Waals surface area contributed by atoms with Crippen LogP contribution >= 0.6 is 11.6 Å². The average molecular weight is 725 g/mol. The molecule has 0 aliphatic carbocycles. The lowest BCUT2D eigenvalue weighted by Gasteiger charge is -2.11. The molecule has 0 aliphatic rings. The Bertz CT molecular complexity index is 2650. The Labute approximate surface area is 299 Å². The lowest BCUT2D eigenvalue weighted by atomic mass is 10.1. The third kappa shape index (κ3) is 7.13. The summed E-state index contributed by atoms with van der Waals surface area (Å²) >= 11 is 6.79. The van der Waals surface area contributed by atoms with Gasteiger partial charge in [0.05, 0.1) is 43.2 Å². The summed E-state index contributed by atoms with van der Waals surface area (Å²) < 4.78 is 15.6. The highest BCUT2D eigenvalue weighted by Gasteiger charge is 2.22. The fraction of sp³-hybridized carbons (Fsp3) is 0.171. The zero-order valence-electron chi connectivity index (χ0n) is 28.7. The summed E-state index contributed by atoms with van der Waals surface area (Å²) in [6.07, 6.45) is 3.39. The maximum absolute atomic E-state index is 13.1. The van der Waals surface area contributed by atoms with E-state index in [4.69, 9.17) is 21.1 Å². The highest BCUT2D eigenvalue weighted by Crippen LogP contribution is 2.36. The number of methoxy groups -OCH3 is 2. The highest BCUT2D eigenvalue weighted by molar-refractivity contribution is 6.38. The van der Waals surface area contributed by atoms with Crippen LogP contribution in [0.4, 0.5) is 5.82 Å². The number of rotatable bonds is 8. The minimum Gasteiger partial charge on any atom is -0.497 e. The van der Waals surface area contributed by atoms with Gasteiger partial charge >= 0.3 is 11.4 Å². The second kappa shape index (κ2) is 14.7. The first kappa shape index (κ1) is 35.2. The van der Waals surface area contributed by atoms with Gasteiger partial charge in [-0.05, 0) is 59.7 Å². The Morgan fingerprint density at radius 3 is 2.15 bits per heavy atom. The largest absolute Gasteiger partial charge is 0.497 e. The summed E-state index contributed by atoms with van der Waals surface area (Å²) in [7, 11) is 7.84. The molecule has 16 nitrogen and oxygen atoms in total. The molecular formula is C35H33ClN10O6. The normalized spacial score (nSPS) is 11.2. The number of nitrogens with one attached hydrogen (secondary N) is 3. The summed E-state index contributed by atoms with van der Waals surface area (Å²) in [5.74, 6) is 1.73. The van der Waals surface area contributed by atoms with Crippen LogP contribution in [-0.4, -0.2) is 59.1 Å². The molecule has 0 spiro atoms. The van der Waals surface area contributed by atoms with Gasteiger partial charge in [-0.1, -0.05) is 23.7 Å². The van der Waals surface area contributed by atoms with Crippen LogP contribution in [0.15, 0.2) is 97.2 Å². The molecule has 0 radical (unpaired) electrons. The van der Waals surface area contributed by atoms with Crippen LogP contribution in [0, 0.1) is 0 Å². The van der Waals surface area contributed by atoms with Crippen molar-refractivity contribution in [2.45, 2.75) is 6.54 Å². The molecule has 0 saturated heterocycles. The van der Waals surface area contributed by atoms with E-state index in [2.05, 4.69) is 30.7 Å². The van der Waals surface area contributed by atoms with Crippen molar-refractivity contribution in [3.05, 3.63) is 131 Å². The number of H-pyrrole nitrogens is 2. The first-order chi connectivity index (χ1) is 25.0.